The van der Waals surface area contributed by atoms with Gasteiger partial charge in [-0.2, -0.15) is 0 Å². The van der Waals surface area contributed by atoms with Crippen LogP contribution in [0.1, 0.15) is 24.4 Å². The summed E-state index contributed by atoms with van der Waals surface area (Å²) in [5.41, 5.74) is 7.62. The fourth-order valence-corrected chi connectivity index (χ4v) is 3.43. The first kappa shape index (κ1) is 17.5. The molecule has 1 aromatic rings. The van der Waals surface area contributed by atoms with Crippen LogP contribution in [0, 0.1) is 5.92 Å². The van der Waals surface area contributed by atoms with Gasteiger partial charge in [-0.05, 0) is 69.2 Å². The third kappa shape index (κ3) is 5.09. The Morgan fingerprint density at radius 2 is 1.70 bits per heavy atom. The highest BCUT2D eigenvalue weighted by molar-refractivity contribution is 6.70. The van der Waals surface area contributed by atoms with E-state index >= 15 is 0 Å². The van der Waals surface area contributed by atoms with E-state index in [0.29, 0.717) is 5.92 Å². The summed E-state index contributed by atoms with van der Waals surface area (Å²) in [6.07, 6.45) is 2.35. The lowest BCUT2D eigenvalue weighted by Gasteiger charge is -2.28. The van der Waals surface area contributed by atoms with Gasteiger partial charge >= 0.3 is 0 Å². The van der Waals surface area contributed by atoms with Gasteiger partial charge < -0.3 is 15.5 Å². The third-order valence-electron chi connectivity index (χ3n) is 3.58. The van der Waals surface area contributed by atoms with Crippen LogP contribution in [0.3, 0.4) is 0 Å². The normalized spacial score (nSPS) is 18.2. The van der Waals surface area contributed by atoms with Crippen LogP contribution in [0.15, 0.2) is 24.3 Å². The van der Waals surface area contributed by atoms with Crippen LogP contribution in [-0.4, -0.2) is 21.4 Å². The maximum Gasteiger partial charge on any atom is 0.242 e. The number of halogens is 1. The second-order valence-electron chi connectivity index (χ2n) is 6.40. The van der Waals surface area contributed by atoms with E-state index < -0.39 is 8.32 Å². The molecule has 3 N–H and O–H groups in total. The lowest BCUT2D eigenvalue weighted by Crippen LogP contribution is -2.33. The maximum absolute atomic E-state index is 6.39. The smallest absolute Gasteiger partial charge is 0.242 e. The van der Waals surface area contributed by atoms with E-state index in [1.807, 2.05) is 0 Å². The molecule has 0 spiro atoms. The summed E-state index contributed by atoms with van der Waals surface area (Å²) in [7, 11) is -1.51. The van der Waals surface area contributed by atoms with Crippen molar-refractivity contribution in [3.63, 3.8) is 0 Å². The van der Waals surface area contributed by atoms with Crippen molar-refractivity contribution >= 4 is 20.7 Å². The summed E-state index contributed by atoms with van der Waals surface area (Å²) >= 11 is 0. The van der Waals surface area contributed by atoms with Crippen molar-refractivity contribution in [2.45, 2.75) is 38.5 Å². The van der Waals surface area contributed by atoms with Crippen molar-refractivity contribution in [3.8, 4) is 5.75 Å². The quantitative estimate of drug-likeness (QED) is 0.838. The van der Waals surface area contributed by atoms with Gasteiger partial charge in [0.05, 0.1) is 0 Å². The zero-order valence-electron chi connectivity index (χ0n) is 12.7. The number of nitrogens with one attached hydrogen (secondary N) is 1. The van der Waals surface area contributed by atoms with Crippen molar-refractivity contribution in [1.82, 2.24) is 5.32 Å². The molecule has 1 atom stereocenters. The molecule has 0 radical (unpaired) electrons. The Bertz CT molecular complexity index is 399. The lowest BCUT2D eigenvalue weighted by molar-refractivity contribution is 0.322. The third-order valence-corrected chi connectivity index (χ3v) is 4.43. The highest BCUT2D eigenvalue weighted by Gasteiger charge is 2.22. The van der Waals surface area contributed by atoms with E-state index in [0.717, 1.165) is 18.8 Å². The number of benzene rings is 1. The van der Waals surface area contributed by atoms with Gasteiger partial charge in [0, 0.05) is 6.04 Å². The summed E-state index contributed by atoms with van der Waals surface area (Å²) in [6, 6.07) is 8.54. The Kier molecular flexibility index (Phi) is 6.52. The highest BCUT2D eigenvalue weighted by atomic mass is 35.5. The van der Waals surface area contributed by atoms with Crippen LogP contribution >= 0.6 is 12.4 Å². The van der Waals surface area contributed by atoms with Gasteiger partial charge in [-0.25, -0.2) is 0 Å². The molecule has 1 saturated heterocycles. The van der Waals surface area contributed by atoms with Crippen molar-refractivity contribution in [1.29, 1.82) is 0 Å². The van der Waals surface area contributed by atoms with Crippen LogP contribution in [0.25, 0.3) is 0 Å². The van der Waals surface area contributed by atoms with Gasteiger partial charge in [0.15, 0.2) is 0 Å². The first-order chi connectivity index (χ1) is 8.96. The molecule has 2 rings (SSSR count). The molecule has 0 aliphatic carbocycles. The van der Waals surface area contributed by atoms with Gasteiger partial charge in [0.25, 0.3) is 0 Å². The summed E-state index contributed by atoms with van der Waals surface area (Å²) in [5.74, 6) is 1.57. The maximum atomic E-state index is 6.39. The summed E-state index contributed by atoms with van der Waals surface area (Å²) in [5, 5.41) is 3.38. The number of hydrogen-bond donors (Lipinski definition) is 2. The number of piperidine rings is 1. The fraction of sp³-hybridized carbons (Fsp3) is 0.600. The van der Waals surface area contributed by atoms with E-state index in [1.54, 1.807) is 0 Å². The van der Waals surface area contributed by atoms with Crippen LogP contribution < -0.4 is 15.5 Å². The molecular weight excluding hydrogens is 288 g/mol. The zero-order valence-corrected chi connectivity index (χ0v) is 14.5. The highest BCUT2D eigenvalue weighted by Crippen LogP contribution is 2.28. The zero-order chi connectivity index (χ0) is 13.9. The molecule has 0 amide bonds. The minimum Gasteiger partial charge on any atom is -0.544 e. The van der Waals surface area contributed by atoms with Crippen molar-refractivity contribution in [3.05, 3.63) is 29.8 Å². The molecule has 114 valence electrons. The Balaban J connectivity index is 0.00000200. The molecule has 0 saturated carbocycles. The fourth-order valence-electron chi connectivity index (χ4n) is 2.59. The van der Waals surface area contributed by atoms with Crippen molar-refractivity contribution < 1.29 is 4.43 Å². The molecule has 1 aliphatic heterocycles. The monoisotopic (exact) mass is 314 g/mol. The van der Waals surface area contributed by atoms with Gasteiger partial charge in [-0.15, -0.1) is 12.4 Å². The van der Waals surface area contributed by atoms with E-state index in [4.69, 9.17) is 10.2 Å². The average Bonchev–Trinajstić information content (AvgIpc) is 2.38. The largest absolute Gasteiger partial charge is 0.544 e. The van der Waals surface area contributed by atoms with Crippen molar-refractivity contribution in [2.75, 3.05) is 13.1 Å². The average molecular weight is 315 g/mol. The molecule has 1 aliphatic rings. The molecular formula is C15H27ClN2OSi. The Morgan fingerprint density at radius 3 is 2.20 bits per heavy atom. The molecule has 0 aromatic heterocycles. The van der Waals surface area contributed by atoms with Crippen LogP contribution in [0.5, 0.6) is 5.75 Å². The van der Waals surface area contributed by atoms with Gasteiger partial charge in [-0.3, -0.25) is 0 Å². The first-order valence-electron chi connectivity index (χ1n) is 7.21. The topological polar surface area (TPSA) is 47.3 Å². The molecule has 1 heterocycles. The SMILES string of the molecule is C[Si](C)(C)Oc1ccc([C@H](N)C2CCNCC2)cc1.Cl. The van der Waals surface area contributed by atoms with E-state index in [-0.39, 0.29) is 18.4 Å². The molecule has 5 heteroatoms. The molecule has 3 nitrogen and oxygen atoms in total. The van der Waals surface area contributed by atoms with Gasteiger partial charge in [0.2, 0.25) is 8.32 Å². The Morgan fingerprint density at radius 1 is 1.15 bits per heavy atom. The predicted octanol–water partition coefficient (Wildman–Crippen LogP) is 3.32. The first-order valence-corrected chi connectivity index (χ1v) is 10.6. The lowest BCUT2D eigenvalue weighted by atomic mass is 9.87. The summed E-state index contributed by atoms with van der Waals surface area (Å²) in [6.45, 7) is 8.77. The minimum atomic E-state index is -1.51. The molecule has 1 fully saturated rings. The molecule has 20 heavy (non-hydrogen) atoms. The minimum absolute atomic E-state index is 0. The summed E-state index contributed by atoms with van der Waals surface area (Å²) in [4.78, 5) is 0. The number of nitrogens with two attached hydrogens (primary N) is 1. The standard InChI is InChI=1S/C15H26N2OSi.ClH/c1-19(2,3)18-14-6-4-12(5-7-14)15(16)13-8-10-17-11-9-13;/h4-7,13,15,17H,8-11,16H2,1-3H3;1H/t15-;/m0./s1. The van der Waals surface area contributed by atoms with Crippen LogP contribution in [-0.2, 0) is 0 Å². The number of rotatable bonds is 4. The van der Waals surface area contributed by atoms with Gasteiger partial charge in [0.1, 0.15) is 5.75 Å². The van der Waals surface area contributed by atoms with E-state index in [2.05, 4.69) is 49.2 Å². The predicted molar refractivity (Wildman–Crippen MR) is 90.2 cm³/mol. The van der Waals surface area contributed by atoms with E-state index in [9.17, 15) is 0 Å². The second-order valence-corrected chi connectivity index (χ2v) is 10.8. The molecule has 0 unspecified atom stereocenters. The Hall–Kier alpha value is -0.553. The van der Waals surface area contributed by atoms with Crippen molar-refractivity contribution in [2.24, 2.45) is 11.7 Å². The van der Waals surface area contributed by atoms with Gasteiger partial charge in [-0.1, -0.05) is 12.1 Å². The van der Waals surface area contributed by atoms with E-state index in [1.165, 1.54) is 18.4 Å². The molecule has 0 bridgehead atoms. The Labute approximate surface area is 129 Å². The van der Waals surface area contributed by atoms with Crippen LogP contribution in [0.2, 0.25) is 19.6 Å². The van der Waals surface area contributed by atoms with Crippen LogP contribution in [0.4, 0.5) is 0 Å². The molecule has 1 aromatic carbocycles. The number of hydrogen-bond acceptors (Lipinski definition) is 3. The second kappa shape index (κ2) is 7.45. The summed E-state index contributed by atoms with van der Waals surface area (Å²) < 4.78 is 5.97.